The zero-order valence-electron chi connectivity index (χ0n) is 11.9. The van der Waals surface area contributed by atoms with Crippen molar-refractivity contribution in [2.24, 2.45) is 0 Å². The van der Waals surface area contributed by atoms with E-state index in [-0.39, 0.29) is 6.67 Å². The summed E-state index contributed by atoms with van der Waals surface area (Å²) in [6, 6.07) is 0. The summed E-state index contributed by atoms with van der Waals surface area (Å²) < 4.78 is 11.8. The highest BCUT2D eigenvalue weighted by atomic mass is 19.1. The van der Waals surface area contributed by atoms with E-state index in [0.717, 1.165) is 25.7 Å². The molecule has 0 spiro atoms. The molecule has 0 aliphatic heterocycles. The Morgan fingerprint density at radius 3 is 1.56 bits per heavy atom. The van der Waals surface area contributed by atoms with E-state index in [1.807, 2.05) is 0 Å². The monoisotopic (exact) mass is 258 g/mol. The van der Waals surface area contributed by atoms with Gasteiger partial charge in [0, 0.05) is 6.61 Å². The van der Waals surface area contributed by atoms with Crippen LogP contribution in [0.5, 0.6) is 0 Å². The van der Waals surface area contributed by atoms with Crippen LogP contribution in [0, 0.1) is 0 Å². The lowest BCUT2D eigenvalue weighted by Gasteiger charge is -1.99. The first-order valence-electron chi connectivity index (χ1n) is 7.73. The second-order valence-electron chi connectivity index (χ2n) is 5.00. The third kappa shape index (κ3) is 15.6. The standard InChI is InChI=1S/C16H31FO/c17-15-13-11-9-7-5-3-1-2-4-6-8-10-12-14-16-18/h1,3,18H,2,4-16H2. The molecule has 2 heteroatoms. The number of halogens is 1. The van der Waals surface area contributed by atoms with Gasteiger partial charge in [0.1, 0.15) is 0 Å². The maximum Gasteiger partial charge on any atom is 0.0894 e. The van der Waals surface area contributed by atoms with Crippen LogP contribution in [0.15, 0.2) is 12.2 Å². The molecule has 0 radical (unpaired) electrons. The van der Waals surface area contributed by atoms with E-state index < -0.39 is 0 Å². The molecule has 0 aromatic rings. The van der Waals surface area contributed by atoms with Gasteiger partial charge in [-0.05, 0) is 38.5 Å². The van der Waals surface area contributed by atoms with Crippen molar-refractivity contribution >= 4 is 0 Å². The van der Waals surface area contributed by atoms with Crippen molar-refractivity contribution < 1.29 is 9.50 Å². The summed E-state index contributed by atoms with van der Waals surface area (Å²) in [4.78, 5) is 0. The molecule has 0 aliphatic carbocycles. The Kier molecular flexibility index (Phi) is 16.3. The Bertz CT molecular complexity index is 168. The van der Waals surface area contributed by atoms with Crippen LogP contribution in [0.3, 0.4) is 0 Å². The Balaban J connectivity index is 3.00. The highest BCUT2D eigenvalue weighted by Crippen LogP contribution is 2.08. The van der Waals surface area contributed by atoms with Crippen LogP contribution in [0.2, 0.25) is 0 Å². The molecule has 0 aliphatic rings. The van der Waals surface area contributed by atoms with Crippen molar-refractivity contribution in [3.63, 3.8) is 0 Å². The molecule has 0 fully saturated rings. The number of aliphatic hydroxyl groups is 1. The first kappa shape index (κ1) is 17.6. The van der Waals surface area contributed by atoms with E-state index in [2.05, 4.69) is 12.2 Å². The van der Waals surface area contributed by atoms with Gasteiger partial charge in [0.2, 0.25) is 0 Å². The fraction of sp³-hybridized carbons (Fsp3) is 0.875. The van der Waals surface area contributed by atoms with E-state index in [4.69, 9.17) is 5.11 Å². The SMILES string of the molecule is OCCCCCCCCC=CCCCCCCF. The molecule has 0 saturated heterocycles. The molecule has 0 amide bonds. The highest BCUT2D eigenvalue weighted by molar-refractivity contribution is 4.81. The molecule has 0 unspecified atom stereocenters. The number of rotatable bonds is 14. The number of hydrogen-bond acceptors (Lipinski definition) is 1. The first-order valence-corrected chi connectivity index (χ1v) is 7.73. The Morgan fingerprint density at radius 1 is 0.611 bits per heavy atom. The topological polar surface area (TPSA) is 20.2 Å². The van der Waals surface area contributed by atoms with E-state index >= 15 is 0 Å². The maximum atomic E-state index is 11.8. The van der Waals surface area contributed by atoms with Gasteiger partial charge in [-0.2, -0.15) is 0 Å². The average Bonchev–Trinajstić information content (AvgIpc) is 2.39. The first-order chi connectivity index (χ1) is 8.91. The summed E-state index contributed by atoms with van der Waals surface area (Å²) in [6.07, 6.45) is 18.4. The average molecular weight is 258 g/mol. The van der Waals surface area contributed by atoms with Crippen molar-refractivity contribution in [1.82, 2.24) is 0 Å². The molecule has 18 heavy (non-hydrogen) atoms. The van der Waals surface area contributed by atoms with Gasteiger partial charge in [0.25, 0.3) is 0 Å². The molecule has 0 rings (SSSR count). The van der Waals surface area contributed by atoms with Gasteiger partial charge in [-0.25, -0.2) is 0 Å². The minimum absolute atomic E-state index is 0.159. The van der Waals surface area contributed by atoms with Crippen LogP contribution in [0.1, 0.15) is 77.0 Å². The molecule has 1 N–H and O–H groups in total. The minimum atomic E-state index is -0.159. The van der Waals surface area contributed by atoms with Gasteiger partial charge >= 0.3 is 0 Å². The third-order valence-electron chi connectivity index (χ3n) is 3.20. The zero-order chi connectivity index (χ0) is 13.3. The summed E-state index contributed by atoms with van der Waals surface area (Å²) in [5.41, 5.74) is 0. The summed E-state index contributed by atoms with van der Waals surface area (Å²) in [5, 5.41) is 8.63. The van der Waals surface area contributed by atoms with Crippen molar-refractivity contribution in [3.05, 3.63) is 12.2 Å². The number of alkyl halides is 1. The Labute approximate surface area is 112 Å². The molecular formula is C16H31FO. The fourth-order valence-electron chi connectivity index (χ4n) is 2.03. The molecule has 1 nitrogen and oxygen atoms in total. The van der Waals surface area contributed by atoms with Crippen molar-refractivity contribution in [3.8, 4) is 0 Å². The van der Waals surface area contributed by atoms with Gasteiger partial charge in [-0.15, -0.1) is 0 Å². The van der Waals surface area contributed by atoms with Gasteiger partial charge in [-0.1, -0.05) is 50.7 Å². The molecule has 0 saturated carbocycles. The van der Waals surface area contributed by atoms with Gasteiger partial charge in [0.05, 0.1) is 6.67 Å². The van der Waals surface area contributed by atoms with Gasteiger partial charge in [-0.3, -0.25) is 4.39 Å². The van der Waals surface area contributed by atoms with Crippen LogP contribution >= 0.6 is 0 Å². The zero-order valence-corrected chi connectivity index (χ0v) is 11.9. The third-order valence-corrected chi connectivity index (χ3v) is 3.20. The highest BCUT2D eigenvalue weighted by Gasteiger charge is 1.90. The number of allylic oxidation sites excluding steroid dienone is 2. The summed E-state index contributed by atoms with van der Waals surface area (Å²) in [6.45, 7) is 0.183. The second kappa shape index (κ2) is 16.6. The fourth-order valence-corrected chi connectivity index (χ4v) is 2.03. The number of hydrogen-bond donors (Lipinski definition) is 1. The van der Waals surface area contributed by atoms with Crippen LogP contribution < -0.4 is 0 Å². The van der Waals surface area contributed by atoms with E-state index in [1.165, 1.54) is 51.4 Å². The lowest BCUT2D eigenvalue weighted by Crippen LogP contribution is -1.83. The molecule has 0 heterocycles. The second-order valence-corrected chi connectivity index (χ2v) is 5.00. The van der Waals surface area contributed by atoms with Crippen LogP contribution in [-0.2, 0) is 0 Å². The molecule has 0 atom stereocenters. The summed E-state index contributed by atoms with van der Waals surface area (Å²) >= 11 is 0. The normalized spacial score (nSPS) is 11.4. The molecule has 0 aromatic carbocycles. The number of unbranched alkanes of at least 4 members (excludes halogenated alkanes) is 10. The summed E-state index contributed by atoms with van der Waals surface area (Å²) in [7, 11) is 0. The maximum absolute atomic E-state index is 11.8. The summed E-state index contributed by atoms with van der Waals surface area (Å²) in [5.74, 6) is 0. The smallest absolute Gasteiger partial charge is 0.0894 e. The van der Waals surface area contributed by atoms with Crippen LogP contribution in [0.25, 0.3) is 0 Å². The van der Waals surface area contributed by atoms with E-state index in [0.29, 0.717) is 6.61 Å². The van der Waals surface area contributed by atoms with E-state index in [9.17, 15) is 4.39 Å². The molecular weight excluding hydrogens is 227 g/mol. The number of aliphatic hydroxyl groups excluding tert-OH is 1. The lowest BCUT2D eigenvalue weighted by atomic mass is 10.1. The minimum Gasteiger partial charge on any atom is -0.396 e. The van der Waals surface area contributed by atoms with E-state index in [1.54, 1.807) is 0 Å². The van der Waals surface area contributed by atoms with Crippen molar-refractivity contribution in [2.45, 2.75) is 77.0 Å². The molecule has 0 bridgehead atoms. The van der Waals surface area contributed by atoms with Crippen molar-refractivity contribution in [2.75, 3.05) is 13.3 Å². The Hall–Kier alpha value is -0.370. The van der Waals surface area contributed by atoms with Crippen LogP contribution in [0.4, 0.5) is 4.39 Å². The van der Waals surface area contributed by atoms with Crippen LogP contribution in [-0.4, -0.2) is 18.4 Å². The largest absolute Gasteiger partial charge is 0.396 e. The van der Waals surface area contributed by atoms with Gasteiger partial charge < -0.3 is 5.11 Å². The lowest BCUT2D eigenvalue weighted by molar-refractivity contribution is 0.282. The quantitative estimate of drug-likeness (QED) is 0.336. The molecule has 0 aromatic heterocycles. The predicted octanol–water partition coefficient (Wildman–Crippen LogP) is 5.19. The van der Waals surface area contributed by atoms with Crippen molar-refractivity contribution in [1.29, 1.82) is 0 Å². The Morgan fingerprint density at radius 2 is 1.06 bits per heavy atom. The molecule has 108 valence electrons. The predicted molar refractivity (Wildman–Crippen MR) is 77.6 cm³/mol. The van der Waals surface area contributed by atoms with Gasteiger partial charge in [0.15, 0.2) is 0 Å².